The Bertz CT molecular complexity index is 616. The summed E-state index contributed by atoms with van der Waals surface area (Å²) < 4.78 is 7.07. The Labute approximate surface area is 139 Å². The largest absolute Gasteiger partial charge is 0.457 e. The topological polar surface area (TPSA) is 21.3 Å². The molecular formula is C17H19BrClNO. The lowest BCUT2D eigenvalue weighted by atomic mass is 10.2. The normalized spacial score (nSPS) is 10.7. The van der Waals surface area contributed by atoms with Crippen LogP contribution < -0.4 is 10.1 Å². The molecule has 112 valence electrons. The van der Waals surface area contributed by atoms with E-state index in [9.17, 15) is 0 Å². The maximum atomic E-state index is 6.32. The minimum Gasteiger partial charge on any atom is -0.457 e. The summed E-state index contributed by atoms with van der Waals surface area (Å²) in [5.41, 5.74) is 2.08. The van der Waals surface area contributed by atoms with E-state index in [1.54, 1.807) is 0 Å². The second kappa shape index (κ2) is 7.83. The summed E-state index contributed by atoms with van der Waals surface area (Å²) in [5, 5.41) is 4.10. The van der Waals surface area contributed by atoms with E-state index >= 15 is 0 Å². The zero-order valence-corrected chi connectivity index (χ0v) is 14.6. The van der Waals surface area contributed by atoms with E-state index in [4.69, 9.17) is 16.3 Å². The number of rotatable bonds is 6. The van der Waals surface area contributed by atoms with Gasteiger partial charge in [-0.25, -0.2) is 0 Å². The van der Waals surface area contributed by atoms with Crippen LogP contribution in [-0.2, 0) is 6.54 Å². The molecule has 0 atom stereocenters. The molecule has 0 aliphatic heterocycles. The third-order valence-corrected chi connectivity index (χ3v) is 4.02. The molecule has 0 aromatic heterocycles. The minimum atomic E-state index is 0.704. The number of hydrogen-bond donors (Lipinski definition) is 1. The molecule has 0 heterocycles. The quantitative estimate of drug-likeness (QED) is 0.660. The Morgan fingerprint density at radius 2 is 2.00 bits per heavy atom. The van der Waals surface area contributed by atoms with Crippen molar-refractivity contribution in [1.82, 2.24) is 5.32 Å². The second-order valence-corrected chi connectivity index (χ2v) is 6.23. The van der Waals surface area contributed by atoms with Gasteiger partial charge < -0.3 is 10.1 Å². The molecule has 0 spiro atoms. The van der Waals surface area contributed by atoms with Crippen LogP contribution in [0.4, 0.5) is 0 Å². The van der Waals surface area contributed by atoms with Gasteiger partial charge in [0.05, 0.1) is 0 Å². The Morgan fingerprint density at radius 3 is 2.76 bits per heavy atom. The molecule has 2 nitrogen and oxygen atoms in total. The Balaban J connectivity index is 2.26. The van der Waals surface area contributed by atoms with Crippen LogP contribution in [0.25, 0.3) is 0 Å². The van der Waals surface area contributed by atoms with Crippen LogP contribution in [0, 0.1) is 6.92 Å². The number of halogens is 2. The fourth-order valence-corrected chi connectivity index (χ4v) is 2.57. The van der Waals surface area contributed by atoms with Gasteiger partial charge in [0, 0.05) is 21.6 Å². The molecule has 0 saturated heterocycles. The number of aryl methyl sites for hydroxylation is 1. The van der Waals surface area contributed by atoms with Crippen molar-refractivity contribution in [3.63, 3.8) is 0 Å². The molecule has 21 heavy (non-hydrogen) atoms. The summed E-state index contributed by atoms with van der Waals surface area (Å²) in [5.74, 6) is 1.63. The van der Waals surface area contributed by atoms with Gasteiger partial charge in [-0.2, -0.15) is 0 Å². The van der Waals surface area contributed by atoms with Gasteiger partial charge in [-0.1, -0.05) is 46.6 Å². The highest BCUT2D eigenvalue weighted by atomic mass is 79.9. The van der Waals surface area contributed by atoms with Crippen molar-refractivity contribution < 1.29 is 4.74 Å². The summed E-state index contributed by atoms with van der Waals surface area (Å²) in [7, 11) is 0. The summed E-state index contributed by atoms with van der Waals surface area (Å²) in [6.45, 7) is 5.83. The van der Waals surface area contributed by atoms with Crippen molar-refractivity contribution in [2.75, 3.05) is 6.54 Å². The van der Waals surface area contributed by atoms with Crippen LogP contribution in [0.1, 0.15) is 24.5 Å². The summed E-state index contributed by atoms with van der Waals surface area (Å²) >= 11 is 9.79. The monoisotopic (exact) mass is 367 g/mol. The average Bonchev–Trinajstić information content (AvgIpc) is 2.46. The molecule has 2 aromatic rings. The van der Waals surface area contributed by atoms with Crippen LogP contribution in [0.5, 0.6) is 11.5 Å². The van der Waals surface area contributed by atoms with E-state index in [2.05, 4.69) is 28.2 Å². The van der Waals surface area contributed by atoms with E-state index in [-0.39, 0.29) is 0 Å². The van der Waals surface area contributed by atoms with Gasteiger partial charge in [-0.3, -0.25) is 0 Å². The van der Waals surface area contributed by atoms with Gasteiger partial charge in [-0.05, 0) is 49.7 Å². The number of ether oxygens (including phenoxy) is 1. The van der Waals surface area contributed by atoms with E-state index in [1.165, 1.54) is 0 Å². The first kappa shape index (κ1) is 16.3. The molecule has 0 fully saturated rings. The zero-order chi connectivity index (χ0) is 15.2. The lowest BCUT2D eigenvalue weighted by Crippen LogP contribution is -2.14. The van der Waals surface area contributed by atoms with Gasteiger partial charge in [-0.15, -0.1) is 0 Å². The van der Waals surface area contributed by atoms with Gasteiger partial charge in [0.1, 0.15) is 11.5 Å². The fraction of sp³-hybridized carbons (Fsp3) is 0.294. The fourth-order valence-electron chi connectivity index (χ4n) is 2.00. The smallest absolute Gasteiger partial charge is 0.133 e. The van der Waals surface area contributed by atoms with E-state index in [0.717, 1.165) is 45.1 Å². The average molecular weight is 369 g/mol. The molecule has 0 saturated carbocycles. The first-order valence-corrected chi connectivity index (χ1v) is 8.21. The molecule has 1 N–H and O–H groups in total. The molecule has 4 heteroatoms. The van der Waals surface area contributed by atoms with Crippen LogP contribution in [0.2, 0.25) is 5.02 Å². The molecule has 0 aliphatic rings. The Morgan fingerprint density at radius 1 is 1.19 bits per heavy atom. The highest BCUT2D eigenvalue weighted by molar-refractivity contribution is 9.10. The van der Waals surface area contributed by atoms with E-state index in [1.807, 2.05) is 43.3 Å². The summed E-state index contributed by atoms with van der Waals surface area (Å²) in [6, 6.07) is 11.8. The molecular weight excluding hydrogens is 350 g/mol. The lowest BCUT2D eigenvalue weighted by molar-refractivity contribution is 0.469. The molecule has 0 radical (unpaired) electrons. The van der Waals surface area contributed by atoms with Crippen molar-refractivity contribution in [1.29, 1.82) is 0 Å². The molecule has 2 aromatic carbocycles. The van der Waals surface area contributed by atoms with Gasteiger partial charge in [0.15, 0.2) is 0 Å². The number of nitrogens with one attached hydrogen (secondary N) is 1. The van der Waals surface area contributed by atoms with E-state index < -0.39 is 0 Å². The highest BCUT2D eigenvalue weighted by Gasteiger charge is 2.10. The van der Waals surface area contributed by atoms with Gasteiger partial charge in [0.2, 0.25) is 0 Å². The van der Waals surface area contributed by atoms with Gasteiger partial charge in [0.25, 0.3) is 0 Å². The third kappa shape index (κ3) is 4.47. The summed E-state index contributed by atoms with van der Waals surface area (Å²) in [6.07, 6.45) is 1.09. The Hall–Kier alpha value is -1.03. The van der Waals surface area contributed by atoms with Crippen molar-refractivity contribution >= 4 is 27.5 Å². The first-order valence-electron chi connectivity index (χ1n) is 7.04. The van der Waals surface area contributed by atoms with Crippen molar-refractivity contribution in [2.45, 2.75) is 26.8 Å². The standard InChI is InChI=1S/C17H19BrClNO/c1-3-9-20-11-14-15(19)5-4-6-16(14)21-17-10-13(18)8-7-12(17)2/h4-8,10,20H,3,9,11H2,1-2H3. The second-order valence-electron chi connectivity index (χ2n) is 4.91. The highest BCUT2D eigenvalue weighted by Crippen LogP contribution is 2.33. The lowest BCUT2D eigenvalue weighted by Gasteiger charge is -2.15. The van der Waals surface area contributed by atoms with Crippen LogP contribution in [0.3, 0.4) is 0 Å². The van der Waals surface area contributed by atoms with Crippen molar-refractivity contribution in [3.8, 4) is 11.5 Å². The van der Waals surface area contributed by atoms with Crippen LogP contribution >= 0.6 is 27.5 Å². The molecule has 2 rings (SSSR count). The maximum Gasteiger partial charge on any atom is 0.133 e. The molecule has 0 aliphatic carbocycles. The number of hydrogen-bond acceptors (Lipinski definition) is 2. The predicted octanol–water partition coefficient (Wildman–Crippen LogP) is 5.70. The predicted molar refractivity (Wildman–Crippen MR) is 92.4 cm³/mol. The SMILES string of the molecule is CCCNCc1c(Cl)cccc1Oc1cc(Br)ccc1C. The molecule has 0 bridgehead atoms. The first-order chi connectivity index (χ1) is 10.1. The molecule has 0 amide bonds. The van der Waals surface area contributed by atoms with Crippen molar-refractivity contribution in [3.05, 3.63) is 57.0 Å². The van der Waals surface area contributed by atoms with Crippen molar-refractivity contribution in [2.24, 2.45) is 0 Å². The van der Waals surface area contributed by atoms with Crippen LogP contribution in [0.15, 0.2) is 40.9 Å². The van der Waals surface area contributed by atoms with E-state index in [0.29, 0.717) is 6.54 Å². The third-order valence-electron chi connectivity index (χ3n) is 3.17. The summed E-state index contributed by atoms with van der Waals surface area (Å²) in [4.78, 5) is 0. The number of benzene rings is 2. The van der Waals surface area contributed by atoms with Crippen LogP contribution in [-0.4, -0.2) is 6.54 Å². The zero-order valence-electron chi connectivity index (χ0n) is 12.2. The van der Waals surface area contributed by atoms with Gasteiger partial charge >= 0.3 is 0 Å². The molecule has 0 unspecified atom stereocenters. The Kier molecular flexibility index (Phi) is 6.09. The maximum absolute atomic E-state index is 6.32. The minimum absolute atomic E-state index is 0.704.